The Morgan fingerprint density at radius 2 is 1.00 bits per heavy atom. The molecule has 1 radical (unpaired) electrons. The van der Waals surface area contributed by atoms with Crippen LogP contribution in [0.2, 0.25) is 0 Å². The van der Waals surface area contributed by atoms with Crippen LogP contribution in [0.1, 0.15) is 0 Å². The molecule has 0 saturated heterocycles. The predicted molar refractivity (Wildman–Crippen MR) is 21.3 cm³/mol. The largest absolute Gasteiger partial charge is 0.187 e. The first-order valence-corrected chi connectivity index (χ1v) is 0. The maximum absolute atomic E-state index is 0. The molecule has 4 heavy (non-hydrogen) atoms. The van der Waals surface area contributed by atoms with Crippen LogP contribution in [0.25, 0.3) is 0 Å². The standard InChI is InChI=1S/Al.Fe.Mn.H4Si.3H/h;;;1H4;;;. The van der Waals surface area contributed by atoms with Crippen molar-refractivity contribution >= 4 is 28.3 Å². The number of rotatable bonds is 0. The molecule has 0 unspecified atom stereocenters. The van der Waals surface area contributed by atoms with Crippen molar-refractivity contribution in [1.82, 2.24) is 0 Å². The van der Waals surface area contributed by atoms with Crippen molar-refractivity contribution in [2.75, 3.05) is 0 Å². The van der Waals surface area contributed by atoms with Gasteiger partial charge in [-0.2, -0.15) is 0 Å². The van der Waals surface area contributed by atoms with Gasteiger partial charge in [0.2, 0.25) is 0 Å². The van der Waals surface area contributed by atoms with Gasteiger partial charge in [-0.15, -0.1) is 0 Å². The fourth-order valence-electron chi connectivity index (χ4n) is 0. The van der Waals surface area contributed by atoms with Gasteiger partial charge in [-0.3, -0.25) is 0 Å². The van der Waals surface area contributed by atoms with Gasteiger partial charge in [0.1, 0.15) is 0 Å². The smallest absolute Gasteiger partial charge is 0.0149 e. The van der Waals surface area contributed by atoms with Crippen molar-refractivity contribution in [3.63, 3.8) is 0 Å². The fraction of sp³-hybridized carbons (Fsp3) is 0. The first kappa shape index (κ1) is 41.5. The van der Waals surface area contributed by atoms with Gasteiger partial charge in [-0.05, 0) is 11.0 Å². The summed E-state index contributed by atoms with van der Waals surface area (Å²) in [6.45, 7) is 0. The van der Waals surface area contributed by atoms with Crippen molar-refractivity contribution in [2.45, 2.75) is 0 Å². The average Bonchev–Trinajstić information content (AvgIpc) is 0. The third kappa shape index (κ3) is 9.21. The Balaban J connectivity index is 0. The summed E-state index contributed by atoms with van der Waals surface area (Å²) < 4.78 is 0. The summed E-state index contributed by atoms with van der Waals surface area (Å²) in [6.07, 6.45) is 0. The van der Waals surface area contributed by atoms with Crippen molar-refractivity contribution < 1.29 is 34.1 Å². The van der Waals surface area contributed by atoms with Gasteiger partial charge in [0.15, 0.2) is 17.4 Å². The summed E-state index contributed by atoms with van der Waals surface area (Å²) in [6, 6.07) is 0. The van der Waals surface area contributed by atoms with E-state index >= 15 is 0 Å². The van der Waals surface area contributed by atoms with Crippen molar-refractivity contribution in [1.29, 1.82) is 0 Å². The zero-order chi connectivity index (χ0) is 0. The minimum atomic E-state index is 0. The van der Waals surface area contributed by atoms with Crippen LogP contribution < -0.4 is 0 Å². The molecule has 0 aliphatic heterocycles. The summed E-state index contributed by atoms with van der Waals surface area (Å²) in [4.78, 5) is 0. The van der Waals surface area contributed by atoms with Crippen molar-refractivity contribution in [2.24, 2.45) is 0 Å². The molecule has 0 saturated carbocycles. The van der Waals surface area contributed by atoms with Gasteiger partial charge in [-0.1, -0.05) is 0 Å². The SMILES string of the molecule is [AlH3].[Fe].[Mn].[SiH4]. The molecule has 0 amide bonds. The zero-order valence-corrected chi connectivity index (χ0v) is 3.02. The van der Waals surface area contributed by atoms with E-state index in [0.29, 0.717) is 0 Å². The third-order valence-electron chi connectivity index (χ3n) is 0. The zero-order valence-electron chi connectivity index (χ0n) is 0.732. The molecule has 0 aromatic carbocycles. The molecule has 0 aliphatic carbocycles. The van der Waals surface area contributed by atoms with E-state index in [9.17, 15) is 0 Å². The molecule has 0 atom stereocenters. The Morgan fingerprint density at radius 3 is 1.00 bits per heavy atom. The molecule has 0 N–H and O–H groups in total. The monoisotopic (exact) mass is 173 g/mol. The van der Waals surface area contributed by atoms with E-state index in [0.717, 1.165) is 0 Å². The van der Waals surface area contributed by atoms with Crippen LogP contribution in [-0.2, 0) is 34.1 Å². The van der Waals surface area contributed by atoms with E-state index in [-0.39, 0.29) is 62.5 Å². The van der Waals surface area contributed by atoms with E-state index in [1.807, 2.05) is 0 Å². The summed E-state index contributed by atoms with van der Waals surface area (Å²) in [5, 5.41) is 0. The molecule has 0 spiro atoms. The molecule has 0 aromatic rings. The van der Waals surface area contributed by atoms with Crippen LogP contribution in [0.4, 0.5) is 0 Å². The molecule has 29 valence electrons. The second-order valence-electron chi connectivity index (χ2n) is 0. The molecule has 0 rings (SSSR count). The third-order valence-corrected chi connectivity index (χ3v) is 0. The fourth-order valence-corrected chi connectivity index (χ4v) is 0. The predicted octanol–water partition coefficient (Wildman–Crippen LogP) is -2.64. The van der Waals surface area contributed by atoms with Gasteiger partial charge in [-0.25, -0.2) is 0 Å². The Morgan fingerprint density at radius 1 is 1.00 bits per heavy atom. The topological polar surface area (TPSA) is 0 Å². The van der Waals surface area contributed by atoms with Crippen LogP contribution in [0, 0.1) is 0 Å². The van der Waals surface area contributed by atoms with E-state index < -0.39 is 0 Å². The normalized spacial score (nSPS) is 0. The second-order valence-corrected chi connectivity index (χ2v) is 0. The molecule has 0 aromatic heterocycles. The Bertz CT molecular complexity index is 8.00. The molecule has 0 fully saturated rings. The summed E-state index contributed by atoms with van der Waals surface area (Å²) in [7, 11) is 0. The van der Waals surface area contributed by atoms with Crippen molar-refractivity contribution in [3.8, 4) is 0 Å². The molecule has 0 aliphatic rings. The van der Waals surface area contributed by atoms with Gasteiger partial charge in [0.05, 0.1) is 0 Å². The maximum Gasteiger partial charge on any atom is 0.187 e. The molecule has 0 bridgehead atoms. The van der Waals surface area contributed by atoms with Crippen LogP contribution >= 0.6 is 0 Å². The van der Waals surface area contributed by atoms with Crippen LogP contribution in [0.3, 0.4) is 0 Å². The first-order chi connectivity index (χ1) is 0. The van der Waals surface area contributed by atoms with E-state index in [2.05, 4.69) is 0 Å². The molecule has 4 heteroatoms. The summed E-state index contributed by atoms with van der Waals surface area (Å²) in [5.41, 5.74) is 0. The van der Waals surface area contributed by atoms with Gasteiger partial charge in [0.25, 0.3) is 0 Å². The van der Waals surface area contributed by atoms with Crippen molar-refractivity contribution in [3.05, 3.63) is 0 Å². The second kappa shape index (κ2) is 21.5. The quantitative estimate of drug-likeness (QED) is 0.351. The number of hydrogen-bond donors (Lipinski definition) is 0. The Hall–Kier alpha value is 1.79. The van der Waals surface area contributed by atoms with E-state index in [1.54, 1.807) is 0 Å². The van der Waals surface area contributed by atoms with Crippen LogP contribution in [0.15, 0.2) is 0 Å². The van der Waals surface area contributed by atoms with Gasteiger partial charge in [0, 0.05) is 34.1 Å². The Kier molecular flexibility index (Phi) is 223. The van der Waals surface area contributed by atoms with Gasteiger partial charge >= 0.3 is 0 Å². The Labute approximate surface area is 62.2 Å². The first-order valence-electron chi connectivity index (χ1n) is 0. The molecule has 0 nitrogen and oxygen atoms in total. The summed E-state index contributed by atoms with van der Waals surface area (Å²) >= 11 is 0. The maximum atomic E-state index is 0. The minimum absolute atomic E-state index is 0. The summed E-state index contributed by atoms with van der Waals surface area (Å²) in [5.74, 6) is 0. The van der Waals surface area contributed by atoms with Gasteiger partial charge < -0.3 is 0 Å². The van der Waals surface area contributed by atoms with Crippen LogP contribution in [-0.4, -0.2) is 28.3 Å². The van der Waals surface area contributed by atoms with Crippen LogP contribution in [0.5, 0.6) is 0 Å². The van der Waals surface area contributed by atoms with E-state index in [4.69, 9.17) is 0 Å². The number of hydrogen-bond acceptors (Lipinski definition) is 0. The average molecular weight is 173 g/mol. The van der Waals surface area contributed by atoms with E-state index in [1.165, 1.54) is 0 Å². The molecular weight excluding hydrogens is 166 g/mol. The minimum Gasteiger partial charge on any atom is -0.0149 e. The molecular formula is H7AlFeMnSi. The molecule has 0 heterocycles.